The fourth-order valence-electron chi connectivity index (χ4n) is 2.74. The highest BCUT2D eigenvalue weighted by Gasteiger charge is 2.17. The Hall–Kier alpha value is -3.80. The number of methoxy groups -OCH3 is 1. The normalized spacial score (nSPS) is 10.8. The minimum absolute atomic E-state index is 0.138. The van der Waals surface area contributed by atoms with Crippen molar-refractivity contribution in [1.29, 1.82) is 5.26 Å². The van der Waals surface area contributed by atoms with E-state index in [9.17, 15) is 20.2 Å². The zero-order valence-electron chi connectivity index (χ0n) is 16.7. The lowest BCUT2D eigenvalue weighted by atomic mass is 10.1. The molecule has 0 spiro atoms. The lowest BCUT2D eigenvalue weighted by molar-refractivity contribution is -0.387. The number of hydrogen-bond donors (Lipinski definition) is 1. The number of nitro benzene ring substituents is 1. The number of hydrogen-bond acceptors (Lipinski definition) is 6. The average molecular weight is 466 g/mol. The van der Waals surface area contributed by atoms with Crippen LogP contribution in [0, 0.1) is 21.4 Å². The SMILES string of the molecule is COc1ccccc1NC(=O)C(C#N)=Cc1ccc(Sc2ccc(Cl)cc2)c([N+](=O)[O-])c1. The summed E-state index contributed by atoms with van der Waals surface area (Å²) in [5, 5.41) is 24.2. The minimum Gasteiger partial charge on any atom is -0.495 e. The Morgan fingerprint density at radius 2 is 1.91 bits per heavy atom. The molecule has 1 amide bonds. The van der Waals surface area contributed by atoms with Crippen LogP contribution in [0.1, 0.15) is 5.56 Å². The molecule has 3 aromatic carbocycles. The van der Waals surface area contributed by atoms with Crippen molar-refractivity contribution in [3.63, 3.8) is 0 Å². The van der Waals surface area contributed by atoms with Crippen LogP contribution < -0.4 is 10.1 Å². The molecule has 0 saturated heterocycles. The monoisotopic (exact) mass is 465 g/mol. The van der Waals surface area contributed by atoms with Gasteiger partial charge in [-0.25, -0.2) is 0 Å². The summed E-state index contributed by atoms with van der Waals surface area (Å²) in [4.78, 5) is 24.9. The molecule has 3 aromatic rings. The summed E-state index contributed by atoms with van der Waals surface area (Å²) in [5.74, 6) is -0.211. The van der Waals surface area contributed by atoms with Gasteiger partial charge in [0.1, 0.15) is 17.4 Å². The molecule has 0 aliphatic rings. The zero-order valence-corrected chi connectivity index (χ0v) is 18.3. The van der Waals surface area contributed by atoms with Crippen LogP contribution in [0.5, 0.6) is 5.75 Å². The van der Waals surface area contributed by atoms with Crippen molar-refractivity contribution in [1.82, 2.24) is 0 Å². The van der Waals surface area contributed by atoms with E-state index in [1.165, 1.54) is 31.0 Å². The molecule has 0 aromatic heterocycles. The van der Waals surface area contributed by atoms with Gasteiger partial charge in [-0.1, -0.05) is 41.6 Å². The summed E-state index contributed by atoms with van der Waals surface area (Å²) in [6.45, 7) is 0. The number of nitrogens with one attached hydrogen (secondary N) is 1. The number of anilines is 1. The van der Waals surface area contributed by atoms with Gasteiger partial charge in [0.25, 0.3) is 11.6 Å². The number of ether oxygens (including phenoxy) is 1. The Kier molecular flexibility index (Phi) is 7.49. The molecular weight excluding hydrogens is 450 g/mol. The molecule has 0 heterocycles. The summed E-state index contributed by atoms with van der Waals surface area (Å²) in [7, 11) is 1.47. The van der Waals surface area contributed by atoms with Crippen molar-refractivity contribution in [2.24, 2.45) is 0 Å². The Bertz CT molecular complexity index is 1240. The van der Waals surface area contributed by atoms with Crippen LogP contribution in [0.4, 0.5) is 11.4 Å². The number of nitrogens with zero attached hydrogens (tertiary/aromatic N) is 2. The van der Waals surface area contributed by atoms with Gasteiger partial charge in [0.05, 0.1) is 22.6 Å². The highest BCUT2D eigenvalue weighted by molar-refractivity contribution is 7.99. The molecule has 0 fully saturated rings. The first-order chi connectivity index (χ1) is 15.4. The number of para-hydroxylation sites is 2. The molecule has 9 heteroatoms. The molecule has 3 rings (SSSR count). The predicted molar refractivity (Wildman–Crippen MR) is 124 cm³/mol. The van der Waals surface area contributed by atoms with Crippen LogP contribution in [0.3, 0.4) is 0 Å². The third kappa shape index (κ3) is 5.66. The Morgan fingerprint density at radius 1 is 1.19 bits per heavy atom. The topological polar surface area (TPSA) is 105 Å². The first-order valence-electron chi connectivity index (χ1n) is 9.19. The maximum atomic E-state index is 12.6. The molecule has 32 heavy (non-hydrogen) atoms. The Morgan fingerprint density at radius 3 is 2.56 bits per heavy atom. The first-order valence-corrected chi connectivity index (χ1v) is 10.4. The second-order valence-corrected chi connectivity index (χ2v) is 7.92. The molecule has 0 bridgehead atoms. The van der Waals surface area contributed by atoms with Crippen molar-refractivity contribution in [2.75, 3.05) is 12.4 Å². The smallest absolute Gasteiger partial charge is 0.283 e. The molecule has 0 unspecified atom stereocenters. The molecule has 0 aliphatic heterocycles. The lowest BCUT2D eigenvalue weighted by Gasteiger charge is -2.09. The molecule has 0 atom stereocenters. The number of nitro groups is 1. The molecule has 0 radical (unpaired) electrons. The van der Waals surface area contributed by atoms with E-state index in [-0.39, 0.29) is 11.3 Å². The van der Waals surface area contributed by atoms with E-state index in [1.54, 1.807) is 60.7 Å². The number of nitriles is 1. The van der Waals surface area contributed by atoms with Crippen molar-refractivity contribution < 1.29 is 14.5 Å². The van der Waals surface area contributed by atoms with Crippen LogP contribution >= 0.6 is 23.4 Å². The van der Waals surface area contributed by atoms with E-state index in [2.05, 4.69) is 5.32 Å². The summed E-state index contributed by atoms with van der Waals surface area (Å²) >= 11 is 7.10. The van der Waals surface area contributed by atoms with E-state index in [4.69, 9.17) is 16.3 Å². The van der Waals surface area contributed by atoms with Gasteiger partial charge in [0.2, 0.25) is 0 Å². The van der Waals surface area contributed by atoms with Gasteiger partial charge in [-0.3, -0.25) is 14.9 Å². The highest BCUT2D eigenvalue weighted by Crippen LogP contribution is 2.36. The van der Waals surface area contributed by atoms with E-state index in [0.29, 0.717) is 26.9 Å². The third-order valence-corrected chi connectivity index (χ3v) is 5.58. The second-order valence-electron chi connectivity index (χ2n) is 6.36. The van der Waals surface area contributed by atoms with Crippen molar-refractivity contribution in [3.05, 3.63) is 93.0 Å². The van der Waals surface area contributed by atoms with E-state index in [1.807, 2.05) is 6.07 Å². The fraction of sp³-hybridized carbons (Fsp3) is 0.0435. The summed E-state index contributed by atoms with van der Waals surface area (Å²) in [6, 6.07) is 20.1. The van der Waals surface area contributed by atoms with Gasteiger partial charge in [-0.2, -0.15) is 5.26 Å². The number of rotatable bonds is 7. The third-order valence-electron chi connectivity index (χ3n) is 4.25. The van der Waals surface area contributed by atoms with Crippen molar-refractivity contribution in [3.8, 4) is 11.8 Å². The van der Waals surface area contributed by atoms with E-state index < -0.39 is 10.8 Å². The molecule has 0 aliphatic carbocycles. The van der Waals surface area contributed by atoms with E-state index in [0.717, 1.165) is 4.90 Å². The maximum Gasteiger partial charge on any atom is 0.283 e. The van der Waals surface area contributed by atoms with E-state index >= 15 is 0 Å². The van der Waals surface area contributed by atoms with Gasteiger partial charge in [0, 0.05) is 16.0 Å². The van der Waals surface area contributed by atoms with Crippen molar-refractivity contribution >= 4 is 46.7 Å². The van der Waals surface area contributed by atoms with Crippen LogP contribution in [0.2, 0.25) is 5.02 Å². The minimum atomic E-state index is -0.653. The van der Waals surface area contributed by atoms with Crippen LogP contribution in [-0.2, 0) is 4.79 Å². The maximum absolute atomic E-state index is 12.6. The van der Waals surface area contributed by atoms with Gasteiger partial charge in [-0.05, 0) is 54.1 Å². The predicted octanol–water partition coefficient (Wildman–Crippen LogP) is 5.95. The molecule has 0 saturated carbocycles. The van der Waals surface area contributed by atoms with Crippen LogP contribution in [0.15, 0.2) is 82.1 Å². The number of halogens is 1. The number of carbonyl (C=O) groups is 1. The first kappa shape index (κ1) is 22.9. The number of benzene rings is 3. The number of carbonyl (C=O) groups excluding carboxylic acids is 1. The van der Waals surface area contributed by atoms with Gasteiger partial charge >= 0.3 is 0 Å². The van der Waals surface area contributed by atoms with Gasteiger partial charge < -0.3 is 10.1 Å². The highest BCUT2D eigenvalue weighted by atomic mass is 35.5. The molecule has 7 nitrogen and oxygen atoms in total. The lowest BCUT2D eigenvalue weighted by Crippen LogP contribution is -2.14. The number of amides is 1. The fourth-order valence-corrected chi connectivity index (χ4v) is 3.76. The van der Waals surface area contributed by atoms with Gasteiger partial charge in [0.15, 0.2) is 0 Å². The Labute approximate surface area is 193 Å². The van der Waals surface area contributed by atoms with Crippen LogP contribution in [0.25, 0.3) is 6.08 Å². The quantitative estimate of drug-likeness (QED) is 0.200. The zero-order chi connectivity index (χ0) is 23.1. The van der Waals surface area contributed by atoms with Gasteiger partial charge in [-0.15, -0.1) is 0 Å². The largest absolute Gasteiger partial charge is 0.495 e. The summed E-state index contributed by atoms with van der Waals surface area (Å²) in [6.07, 6.45) is 1.30. The second kappa shape index (κ2) is 10.5. The average Bonchev–Trinajstić information content (AvgIpc) is 2.79. The van der Waals surface area contributed by atoms with Crippen molar-refractivity contribution in [2.45, 2.75) is 9.79 Å². The molecule has 1 N–H and O–H groups in total. The molecular formula is C23H16ClN3O4S. The van der Waals surface area contributed by atoms with Crippen LogP contribution in [-0.4, -0.2) is 17.9 Å². The molecule has 160 valence electrons. The summed E-state index contributed by atoms with van der Waals surface area (Å²) in [5.41, 5.74) is 0.412. The summed E-state index contributed by atoms with van der Waals surface area (Å²) < 4.78 is 5.19. The Balaban J connectivity index is 1.87. The standard InChI is InChI=1S/C23H16ClN3O4S/c1-31-21-5-3-2-4-19(21)26-23(28)16(14-25)12-15-6-11-22(20(13-15)27(29)30)32-18-9-7-17(24)8-10-18/h2-13H,1H3,(H,26,28).